The fraction of sp³-hybridized carbons (Fsp3) is 0.583. The third-order valence-electron chi connectivity index (χ3n) is 2.36. The van der Waals surface area contributed by atoms with Crippen LogP contribution in [0.3, 0.4) is 0 Å². The lowest BCUT2D eigenvalue weighted by molar-refractivity contribution is 0.517. The summed E-state index contributed by atoms with van der Waals surface area (Å²) in [6.07, 6.45) is 7.26. The summed E-state index contributed by atoms with van der Waals surface area (Å²) in [7, 11) is 0. The molecule has 0 aliphatic heterocycles. The van der Waals surface area contributed by atoms with Gasteiger partial charge in [0.1, 0.15) is 5.01 Å². The topological polar surface area (TPSA) is 24.9 Å². The van der Waals surface area contributed by atoms with Crippen molar-refractivity contribution in [2.24, 2.45) is 0 Å². The molecular weight excluding hydrogens is 204 g/mol. The minimum absolute atomic E-state index is 0.539. The average molecular weight is 224 g/mol. The van der Waals surface area contributed by atoms with E-state index in [9.17, 15) is 0 Å². The van der Waals surface area contributed by atoms with Crippen molar-refractivity contribution in [3.05, 3.63) is 28.7 Å². The SMILES string of the molecule is C=CCCC(C)NCc1ncc(CC)s1. The van der Waals surface area contributed by atoms with Gasteiger partial charge in [0.2, 0.25) is 0 Å². The fourth-order valence-electron chi connectivity index (χ4n) is 1.32. The zero-order chi connectivity index (χ0) is 11.1. The predicted octanol–water partition coefficient (Wildman–Crippen LogP) is 3.15. The molecule has 3 heteroatoms. The lowest BCUT2D eigenvalue weighted by atomic mass is 10.2. The van der Waals surface area contributed by atoms with Crippen molar-refractivity contribution in [2.75, 3.05) is 0 Å². The number of aryl methyl sites for hydroxylation is 1. The molecule has 1 atom stereocenters. The highest BCUT2D eigenvalue weighted by molar-refractivity contribution is 7.11. The summed E-state index contributed by atoms with van der Waals surface area (Å²) in [4.78, 5) is 5.74. The molecule has 1 N–H and O–H groups in total. The van der Waals surface area contributed by atoms with E-state index >= 15 is 0 Å². The zero-order valence-corrected chi connectivity index (χ0v) is 10.4. The summed E-state index contributed by atoms with van der Waals surface area (Å²) < 4.78 is 0. The second-order valence-corrected chi connectivity index (χ2v) is 4.92. The minimum atomic E-state index is 0.539. The molecule has 0 fully saturated rings. The van der Waals surface area contributed by atoms with Crippen LogP contribution < -0.4 is 5.32 Å². The molecule has 0 aromatic carbocycles. The van der Waals surface area contributed by atoms with Crippen molar-refractivity contribution >= 4 is 11.3 Å². The van der Waals surface area contributed by atoms with Crippen LogP contribution in [0.2, 0.25) is 0 Å². The van der Waals surface area contributed by atoms with E-state index in [0.717, 1.165) is 25.8 Å². The van der Waals surface area contributed by atoms with Crippen molar-refractivity contribution < 1.29 is 0 Å². The Balaban J connectivity index is 2.26. The standard InChI is InChI=1S/C12H20N2S/c1-4-6-7-10(3)13-9-12-14-8-11(5-2)15-12/h4,8,10,13H,1,5-7,9H2,2-3H3. The summed E-state index contributed by atoms with van der Waals surface area (Å²) in [5, 5.41) is 4.66. The van der Waals surface area contributed by atoms with E-state index in [4.69, 9.17) is 0 Å². The molecule has 1 heterocycles. The molecule has 0 saturated carbocycles. The third kappa shape index (κ3) is 4.58. The van der Waals surface area contributed by atoms with Gasteiger partial charge in [-0.25, -0.2) is 4.98 Å². The molecule has 15 heavy (non-hydrogen) atoms. The Bertz CT molecular complexity index is 294. The predicted molar refractivity (Wildman–Crippen MR) is 67.2 cm³/mol. The van der Waals surface area contributed by atoms with Crippen LogP contribution in [0.5, 0.6) is 0 Å². The van der Waals surface area contributed by atoms with Crippen LogP contribution in [0.25, 0.3) is 0 Å². The van der Waals surface area contributed by atoms with Gasteiger partial charge in [-0.05, 0) is 26.2 Å². The Kier molecular flexibility index (Phi) is 5.58. The maximum absolute atomic E-state index is 4.38. The van der Waals surface area contributed by atoms with Crippen LogP contribution in [0.15, 0.2) is 18.9 Å². The second kappa shape index (κ2) is 6.75. The van der Waals surface area contributed by atoms with Gasteiger partial charge in [0.15, 0.2) is 0 Å². The lowest BCUT2D eigenvalue weighted by Gasteiger charge is -2.10. The van der Waals surface area contributed by atoms with Crippen molar-refractivity contribution in [1.29, 1.82) is 0 Å². The highest BCUT2D eigenvalue weighted by Gasteiger charge is 2.03. The second-order valence-electron chi connectivity index (χ2n) is 3.72. The molecule has 1 aromatic heterocycles. The summed E-state index contributed by atoms with van der Waals surface area (Å²) in [6, 6.07) is 0.539. The third-order valence-corrected chi connectivity index (χ3v) is 3.50. The molecule has 0 aliphatic carbocycles. The minimum Gasteiger partial charge on any atom is -0.308 e. The van der Waals surface area contributed by atoms with Crippen LogP contribution >= 0.6 is 11.3 Å². The molecule has 0 aliphatic rings. The fourth-order valence-corrected chi connectivity index (χ4v) is 2.14. The largest absolute Gasteiger partial charge is 0.308 e. The Hall–Kier alpha value is -0.670. The Morgan fingerprint density at radius 2 is 2.47 bits per heavy atom. The van der Waals surface area contributed by atoms with Crippen molar-refractivity contribution in [3.8, 4) is 0 Å². The first-order chi connectivity index (χ1) is 7.26. The Morgan fingerprint density at radius 1 is 1.67 bits per heavy atom. The van der Waals surface area contributed by atoms with Crippen molar-refractivity contribution in [3.63, 3.8) is 0 Å². The molecule has 84 valence electrons. The molecule has 0 amide bonds. The van der Waals surface area contributed by atoms with Gasteiger partial charge >= 0.3 is 0 Å². The number of thiazole rings is 1. The number of nitrogens with zero attached hydrogens (tertiary/aromatic N) is 1. The molecule has 0 saturated heterocycles. The number of nitrogens with one attached hydrogen (secondary N) is 1. The number of aromatic nitrogens is 1. The van der Waals surface area contributed by atoms with Crippen LogP contribution in [0, 0.1) is 0 Å². The summed E-state index contributed by atoms with van der Waals surface area (Å²) in [6.45, 7) is 8.99. The van der Waals surface area contributed by atoms with E-state index in [-0.39, 0.29) is 0 Å². The first kappa shape index (κ1) is 12.4. The lowest BCUT2D eigenvalue weighted by Crippen LogP contribution is -2.24. The number of hydrogen-bond acceptors (Lipinski definition) is 3. The molecule has 0 bridgehead atoms. The van der Waals surface area contributed by atoms with Gasteiger partial charge in [-0.2, -0.15) is 0 Å². The summed E-state index contributed by atoms with van der Waals surface area (Å²) in [5.41, 5.74) is 0. The van der Waals surface area contributed by atoms with Crippen LogP contribution in [-0.4, -0.2) is 11.0 Å². The molecule has 1 rings (SSSR count). The van der Waals surface area contributed by atoms with Gasteiger partial charge < -0.3 is 5.32 Å². The van der Waals surface area contributed by atoms with E-state index in [1.807, 2.05) is 12.3 Å². The molecular formula is C12H20N2S. The van der Waals surface area contributed by atoms with Gasteiger partial charge in [-0.15, -0.1) is 17.9 Å². The van der Waals surface area contributed by atoms with E-state index in [0.29, 0.717) is 6.04 Å². The average Bonchev–Trinajstić information content (AvgIpc) is 2.71. The van der Waals surface area contributed by atoms with Gasteiger partial charge in [-0.3, -0.25) is 0 Å². The van der Waals surface area contributed by atoms with E-state index in [2.05, 4.69) is 30.7 Å². The first-order valence-electron chi connectivity index (χ1n) is 5.54. The molecule has 0 spiro atoms. The highest BCUT2D eigenvalue weighted by atomic mass is 32.1. The molecule has 1 aromatic rings. The van der Waals surface area contributed by atoms with Gasteiger partial charge in [0.05, 0.1) is 0 Å². The van der Waals surface area contributed by atoms with E-state index in [1.165, 1.54) is 9.88 Å². The normalized spacial score (nSPS) is 12.7. The summed E-state index contributed by atoms with van der Waals surface area (Å²) in [5.74, 6) is 0. The monoisotopic (exact) mass is 224 g/mol. The molecule has 1 unspecified atom stereocenters. The number of hydrogen-bond donors (Lipinski definition) is 1. The van der Waals surface area contributed by atoms with E-state index < -0.39 is 0 Å². The van der Waals surface area contributed by atoms with Crippen molar-refractivity contribution in [2.45, 2.75) is 45.7 Å². The maximum atomic E-state index is 4.38. The number of allylic oxidation sites excluding steroid dienone is 1. The zero-order valence-electron chi connectivity index (χ0n) is 9.62. The smallest absolute Gasteiger partial charge is 0.107 e. The van der Waals surface area contributed by atoms with Gasteiger partial charge in [-0.1, -0.05) is 13.0 Å². The van der Waals surface area contributed by atoms with E-state index in [1.54, 1.807) is 11.3 Å². The number of rotatable bonds is 7. The van der Waals surface area contributed by atoms with Crippen LogP contribution in [-0.2, 0) is 13.0 Å². The Morgan fingerprint density at radius 3 is 3.07 bits per heavy atom. The van der Waals surface area contributed by atoms with Crippen LogP contribution in [0.1, 0.15) is 36.6 Å². The summed E-state index contributed by atoms with van der Waals surface area (Å²) >= 11 is 1.80. The quantitative estimate of drug-likeness (QED) is 0.720. The highest BCUT2D eigenvalue weighted by Crippen LogP contribution is 2.13. The first-order valence-corrected chi connectivity index (χ1v) is 6.35. The van der Waals surface area contributed by atoms with Crippen LogP contribution in [0.4, 0.5) is 0 Å². The van der Waals surface area contributed by atoms with Gasteiger partial charge in [0.25, 0.3) is 0 Å². The van der Waals surface area contributed by atoms with Crippen molar-refractivity contribution in [1.82, 2.24) is 10.3 Å². The maximum Gasteiger partial charge on any atom is 0.107 e. The molecule has 0 radical (unpaired) electrons. The van der Waals surface area contributed by atoms with Gasteiger partial charge in [0, 0.05) is 23.7 Å². The Labute approximate surface area is 96.4 Å². The molecule has 2 nitrogen and oxygen atoms in total.